The molecule has 9 heteroatoms. The summed E-state index contributed by atoms with van der Waals surface area (Å²) in [7, 11) is 0. The molecule has 2 aromatic carbocycles. The Bertz CT molecular complexity index is 1310. The molecular formula is C23H19F3N4O2. The molecule has 1 aliphatic heterocycles. The number of aromatic amines is 2. The maximum absolute atomic E-state index is 13.3. The lowest BCUT2D eigenvalue weighted by Crippen LogP contribution is -2.20. The molecule has 0 amide bonds. The van der Waals surface area contributed by atoms with Gasteiger partial charge in [-0.05, 0) is 36.8 Å². The Labute approximate surface area is 180 Å². The number of H-pyrrole nitrogens is 2. The number of alkyl halides is 3. The predicted molar refractivity (Wildman–Crippen MR) is 114 cm³/mol. The Balaban J connectivity index is 1.44. The number of fused-ring (bicyclic) bond motifs is 1. The van der Waals surface area contributed by atoms with Gasteiger partial charge in [-0.2, -0.15) is 13.2 Å². The van der Waals surface area contributed by atoms with Crippen LogP contribution < -0.4 is 4.90 Å². The first-order valence-electron chi connectivity index (χ1n) is 10.1. The second-order valence-corrected chi connectivity index (χ2v) is 7.85. The van der Waals surface area contributed by atoms with Crippen molar-refractivity contribution in [2.24, 2.45) is 0 Å². The molecule has 5 rings (SSSR count). The molecule has 1 aliphatic rings. The van der Waals surface area contributed by atoms with Crippen molar-refractivity contribution in [2.75, 3.05) is 18.0 Å². The van der Waals surface area contributed by atoms with Crippen LogP contribution in [0.3, 0.4) is 0 Å². The topological polar surface area (TPSA) is 85.0 Å². The van der Waals surface area contributed by atoms with Crippen LogP contribution in [0.2, 0.25) is 0 Å². The molecular weight excluding hydrogens is 421 g/mol. The molecule has 1 saturated heterocycles. The fourth-order valence-corrected chi connectivity index (χ4v) is 4.04. The Morgan fingerprint density at radius 2 is 1.97 bits per heavy atom. The highest BCUT2D eigenvalue weighted by atomic mass is 19.4. The molecule has 0 aliphatic carbocycles. The van der Waals surface area contributed by atoms with Crippen LogP contribution in [0.1, 0.15) is 27.9 Å². The van der Waals surface area contributed by atoms with Crippen molar-refractivity contribution in [3.05, 3.63) is 71.4 Å². The van der Waals surface area contributed by atoms with E-state index in [9.17, 15) is 23.1 Å². The summed E-state index contributed by atoms with van der Waals surface area (Å²) >= 11 is 0. The zero-order valence-corrected chi connectivity index (χ0v) is 16.8. The molecule has 0 bridgehead atoms. The van der Waals surface area contributed by atoms with E-state index in [1.807, 2.05) is 18.2 Å². The van der Waals surface area contributed by atoms with Gasteiger partial charge in [-0.25, -0.2) is 4.98 Å². The summed E-state index contributed by atoms with van der Waals surface area (Å²) in [4.78, 5) is 25.5. The number of ketones is 1. The number of imidazole rings is 1. The number of carbonyl (C=O) groups excluding carboxylic acids is 1. The minimum Gasteiger partial charge on any atom is -0.391 e. The van der Waals surface area contributed by atoms with Gasteiger partial charge in [-0.3, -0.25) is 4.79 Å². The molecule has 3 heterocycles. The molecule has 0 unspecified atom stereocenters. The summed E-state index contributed by atoms with van der Waals surface area (Å²) < 4.78 is 39.9. The fraction of sp³-hybridized carbons (Fsp3) is 0.217. The third-order valence-corrected chi connectivity index (χ3v) is 5.67. The van der Waals surface area contributed by atoms with Crippen LogP contribution in [0.4, 0.5) is 18.9 Å². The minimum atomic E-state index is -4.62. The summed E-state index contributed by atoms with van der Waals surface area (Å²) in [5.41, 5.74) is 1.72. The SMILES string of the molecule is O=C(c1c[nH]c(-c2nc3ccc(N4CC[C@H](O)C4)cc3[nH]2)c1)c1ccccc1C(F)(F)F. The van der Waals surface area contributed by atoms with Gasteiger partial charge in [0.05, 0.1) is 28.4 Å². The van der Waals surface area contributed by atoms with E-state index >= 15 is 0 Å². The van der Waals surface area contributed by atoms with Gasteiger partial charge in [0.1, 0.15) is 0 Å². The van der Waals surface area contributed by atoms with E-state index in [0.29, 0.717) is 23.6 Å². The van der Waals surface area contributed by atoms with Gasteiger partial charge in [0.2, 0.25) is 0 Å². The van der Waals surface area contributed by atoms with Crippen molar-refractivity contribution < 1.29 is 23.1 Å². The van der Waals surface area contributed by atoms with Gasteiger partial charge >= 0.3 is 6.18 Å². The van der Waals surface area contributed by atoms with Crippen molar-refractivity contribution >= 4 is 22.5 Å². The standard InChI is InChI=1S/C23H19F3N4O2/c24-23(25,26)17-4-2-1-3-16(17)21(32)13-9-20(27-11-13)22-28-18-6-5-14(10-19(18)29-22)30-8-7-15(31)12-30/h1-6,9-11,15,27,31H,7-8,12H2,(H,28,29)/t15-/m0/s1. The number of rotatable bonds is 4. The summed E-state index contributed by atoms with van der Waals surface area (Å²) in [6, 6.07) is 12.0. The van der Waals surface area contributed by atoms with E-state index in [4.69, 9.17) is 0 Å². The van der Waals surface area contributed by atoms with Crippen LogP contribution in [-0.4, -0.2) is 45.0 Å². The molecule has 1 atom stereocenters. The number of nitrogens with zero attached hydrogens (tertiary/aromatic N) is 2. The van der Waals surface area contributed by atoms with E-state index in [1.54, 1.807) is 0 Å². The third kappa shape index (κ3) is 3.64. The molecule has 3 N–H and O–H groups in total. The predicted octanol–water partition coefficient (Wildman–Crippen LogP) is 4.38. The molecule has 2 aromatic heterocycles. The zero-order chi connectivity index (χ0) is 22.5. The largest absolute Gasteiger partial charge is 0.417 e. The number of halogens is 3. The number of aromatic nitrogens is 3. The van der Waals surface area contributed by atoms with Crippen molar-refractivity contribution in [1.29, 1.82) is 0 Å². The lowest BCUT2D eigenvalue weighted by atomic mass is 9.99. The van der Waals surface area contributed by atoms with Crippen molar-refractivity contribution in [3.63, 3.8) is 0 Å². The number of hydrogen-bond donors (Lipinski definition) is 3. The number of hydrogen-bond acceptors (Lipinski definition) is 4. The van der Waals surface area contributed by atoms with Crippen LogP contribution >= 0.6 is 0 Å². The molecule has 32 heavy (non-hydrogen) atoms. The maximum Gasteiger partial charge on any atom is 0.417 e. The number of anilines is 1. The number of carbonyl (C=O) groups is 1. The third-order valence-electron chi connectivity index (χ3n) is 5.67. The van der Waals surface area contributed by atoms with Gasteiger partial charge in [0.25, 0.3) is 0 Å². The van der Waals surface area contributed by atoms with Crippen LogP contribution in [0, 0.1) is 0 Å². The maximum atomic E-state index is 13.3. The van der Waals surface area contributed by atoms with Gasteiger partial charge in [0, 0.05) is 36.1 Å². The van der Waals surface area contributed by atoms with Gasteiger partial charge in [0.15, 0.2) is 11.6 Å². The second kappa shape index (κ2) is 7.52. The van der Waals surface area contributed by atoms with E-state index < -0.39 is 23.1 Å². The van der Waals surface area contributed by atoms with Gasteiger partial charge < -0.3 is 20.0 Å². The van der Waals surface area contributed by atoms with E-state index in [-0.39, 0.29) is 11.7 Å². The summed E-state index contributed by atoms with van der Waals surface area (Å²) in [5, 5.41) is 9.76. The molecule has 164 valence electrons. The van der Waals surface area contributed by atoms with E-state index in [0.717, 1.165) is 30.2 Å². The molecule has 1 fully saturated rings. The monoisotopic (exact) mass is 440 g/mol. The summed E-state index contributed by atoms with van der Waals surface area (Å²) in [5.74, 6) is -0.242. The Morgan fingerprint density at radius 3 is 2.72 bits per heavy atom. The Hall–Kier alpha value is -3.59. The molecule has 0 radical (unpaired) electrons. The molecule has 0 saturated carbocycles. The normalized spacial score (nSPS) is 16.8. The highest BCUT2D eigenvalue weighted by molar-refractivity contribution is 6.10. The van der Waals surface area contributed by atoms with E-state index in [1.165, 1.54) is 30.5 Å². The lowest BCUT2D eigenvalue weighted by molar-refractivity contribution is -0.137. The second-order valence-electron chi connectivity index (χ2n) is 7.85. The van der Waals surface area contributed by atoms with Crippen LogP contribution in [0.5, 0.6) is 0 Å². The van der Waals surface area contributed by atoms with Crippen LogP contribution in [0.25, 0.3) is 22.6 Å². The minimum absolute atomic E-state index is 0.115. The first-order chi connectivity index (χ1) is 15.3. The summed E-state index contributed by atoms with van der Waals surface area (Å²) in [6.07, 6.45) is -2.84. The zero-order valence-electron chi connectivity index (χ0n) is 16.8. The van der Waals surface area contributed by atoms with Crippen molar-refractivity contribution in [2.45, 2.75) is 18.7 Å². The summed E-state index contributed by atoms with van der Waals surface area (Å²) in [6.45, 7) is 1.35. The Morgan fingerprint density at radius 1 is 1.16 bits per heavy atom. The number of aliphatic hydroxyl groups is 1. The Kier molecular flexibility index (Phi) is 4.78. The average molecular weight is 440 g/mol. The number of benzene rings is 2. The number of β-amino-alcohol motifs (C(OH)–C–C–N with tert-alkyl or cyclic N) is 1. The van der Waals surface area contributed by atoms with Gasteiger partial charge in [-0.15, -0.1) is 0 Å². The quantitative estimate of drug-likeness (QED) is 0.411. The van der Waals surface area contributed by atoms with Crippen molar-refractivity contribution in [1.82, 2.24) is 15.0 Å². The fourth-order valence-electron chi connectivity index (χ4n) is 4.04. The highest BCUT2D eigenvalue weighted by Crippen LogP contribution is 2.33. The van der Waals surface area contributed by atoms with Crippen LogP contribution in [0.15, 0.2) is 54.7 Å². The molecule has 4 aromatic rings. The first kappa shape index (κ1) is 20.3. The molecule has 0 spiro atoms. The number of nitrogens with one attached hydrogen (secondary N) is 2. The number of aliphatic hydroxyl groups excluding tert-OH is 1. The lowest BCUT2D eigenvalue weighted by Gasteiger charge is -2.17. The van der Waals surface area contributed by atoms with E-state index in [2.05, 4.69) is 19.9 Å². The van der Waals surface area contributed by atoms with Crippen LogP contribution in [-0.2, 0) is 6.18 Å². The van der Waals surface area contributed by atoms with Crippen molar-refractivity contribution in [3.8, 4) is 11.5 Å². The first-order valence-corrected chi connectivity index (χ1v) is 10.1. The highest BCUT2D eigenvalue weighted by Gasteiger charge is 2.35. The smallest absolute Gasteiger partial charge is 0.391 e. The average Bonchev–Trinajstić information content (AvgIpc) is 3.51. The van der Waals surface area contributed by atoms with Gasteiger partial charge in [-0.1, -0.05) is 18.2 Å². The molecule has 6 nitrogen and oxygen atoms in total.